The molecule has 28 heavy (non-hydrogen) atoms. The van der Waals surface area contributed by atoms with Gasteiger partial charge in [-0.1, -0.05) is 27.7 Å². The fraction of sp³-hybridized carbons (Fsp3) is 0.609. The van der Waals surface area contributed by atoms with Crippen molar-refractivity contribution >= 4 is 0 Å². The first-order chi connectivity index (χ1) is 13.4. The molecule has 1 aromatic heterocycles. The van der Waals surface area contributed by atoms with Crippen LogP contribution in [0.1, 0.15) is 57.6 Å². The molecule has 0 bridgehead atoms. The van der Waals surface area contributed by atoms with Crippen LogP contribution < -0.4 is 0 Å². The third kappa shape index (κ3) is 5.65. The van der Waals surface area contributed by atoms with Crippen molar-refractivity contribution in [2.45, 2.75) is 61.6 Å². The average Bonchev–Trinajstić information content (AvgIpc) is 3.09. The van der Waals surface area contributed by atoms with Gasteiger partial charge in [-0.2, -0.15) is 5.10 Å². The number of likely N-dealkylation sites (N-methyl/N-ethyl adjacent to an activating group) is 1. The van der Waals surface area contributed by atoms with Gasteiger partial charge in [-0.25, -0.2) is 9.07 Å². The molecule has 1 atom stereocenters. The Morgan fingerprint density at radius 2 is 1.46 bits per heavy atom. The minimum atomic E-state index is -0.147. The number of piperazine rings is 1. The van der Waals surface area contributed by atoms with Crippen molar-refractivity contribution in [1.82, 2.24) is 19.6 Å². The van der Waals surface area contributed by atoms with Crippen LogP contribution in [-0.2, 0) is 0 Å². The Bertz CT molecular complexity index is 730. The van der Waals surface area contributed by atoms with Gasteiger partial charge >= 0.3 is 0 Å². The van der Waals surface area contributed by atoms with E-state index in [2.05, 4.69) is 34.5 Å². The molecule has 0 saturated carbocycles. The summed E-state index contributed by atoms with van der Waals surface area (Å²) < 4.78 is 15.9. The second kappa shape index (κ2) is 11.3. The topological polar surface area (TPSA) is 24.3 Å². The zero-order valence-electron chi connectivity index (χ0n) is 19.3. The number of nitrogens with zero attached hydrogens (tertiary/aromatic N) is 4. The molecule has 0 radical (unpaired) electrons. The third-order valence-corrected chi connectivity index (χ3v) is 5.06. The van der Waals surface area contributed by atoms with E-state index in [-0.39, 0.29) is 12.0 Å². The molecular weight excluding hydrogens is 351 g/mol. The Morgan fingerprint density at radius 1 is 0.893 bits per heavy atom. The molecular formula is C23H39FN4. The first-order valence-electron chi connectivity index (χ1n) is 10.6. The SMILES string of the molecule is CC.CC.Cc1cc(-c2cc(C)c(F)cc2C)n(C(C)N2CCN(C)CC2)n1. The molecule has 1 aromatic carbocycles. The second-order valence-electron chi connectivity index (χ2n) is 7.00. The van der Waals surface area contributed by atoms with E-state index in [4.69, 9.17) is 5.10 Å². The van der Waals surface area contributed by atoms with Gasteiger partial charge in [0.15, 0.2) is 0 Å². The van der Waals surface area contributed by atoms with Crippen LogP contribution >= 0.6 is 0 Å². The zero-order chi connectivity index (χ0) is 21.4. The lowest BCUT2D eigenvalue weighted by Gasteiger charge is -2.37. The standard InChI is InChI=1S/C19H27FN4.2C2H6/c1-13-11-18(20)14(2)10-17(13)19-12-15(3)21-24(19)16(4)23-8-6-22(5)7-9-23;2*1-2/h10-12,16H,6-9H2,1-5H3;2*1-2H3. The summed E-state index contributed by atoms with van der Waals surface area (Å²) in [6.07, 6.45) is 0.187. The highest BCUT2D eigenvalue weighted by Gasteiger charge is 2.24. The van der Waals surface area contributed by atoms with Gasteiger partial charge in [0.25, 0.3) is 0 Å². The van der Waals surface area contributed by atoms with Crippen LogP contribution in [0, 0.1) is 26.6 Å². The van der Waals surface area contributed by atoms with Crippen LogP contribution in [0.4, 0.5) is 4.39 Å². The minimum absolute atomic E-state index is 0.147. The minimum Gasteiger partial charge on any atom is -0.304 e. The lowest BCUT2D eigenvalue weighted by atomic mass is 10.0. The van der Waals surface area contributed by atoms with Gasteiger partial charge in [0.2, 0.25) is 0 Å². The maximum absolute atomic E-state index is 13.8. The Labute approximate surface area is 171 Å². The summed E-state index contributed by atoms with van der Waals surface area (Å²) in [5, 5.41) is 4.74. The van der Waals surface area contributed by atoms with Gasteiger partial charge in [-0.3, -0.25) is 4.90 Å². The first kappa shape index (κ1) is 24.3. The molecule has 0 amide bonds. The molecule has 4 nitrogen and oxygen atoms in total. The molecule has 1 aliphatic rings. The van der Waals surface area contributed by atoms with Crippen molar-refractivity contribution in [1.29, 1.82) is 0 Å². The Balaban J connectivity index is 0.000000921. The van der Waals surface area contributed by atoms with Crippen LogP contribution in [0.2, 0.25) is 0 Å². The van der Waals surface area contributed by atoms with Crippen molar-refractivity contribution in [3.8, 4) is 11.3 Å². The maximum atomic E-state index is 13.8. The molecule has 0 aliphatic carbocycles. The van der Waals surface area contributed by atoms with E-state index in [1.54, 1.807) is 6.07 Å². The van der Waals surface area contributed by atoms with Gasteiger partial charge in [0, 0.05) is 31.7 Å². The molecule has 2 aromatic rings. The molecule has 158 valence electrons. The number of hydrogen-bond donors (Lipinski definition) is 0. The van der Waals surface area contributed by atoms with E-state index in [9.17, 15) is 4.39 Å². The summed E-state index contributed by atoms with van der Waals surface area (Å²) in [6, 6.07) is 5.67. The monoisotopic (exact) mass is 390 g/mol. The molecule has 1 aliphatic heterocycles. The van der Waals surface area contributed by atoms with Crippen molar-refractivity contribution in [3.63, 3.8) is 0 Å². The summed E-state index contributed by atoms with van der Waals surface area (Å²) in [7, 11) is 2.16. The summed E-state index contributed by atoms with van der Waals surface area (Å²) in [4.78, 5) is 4.81. The summed E-state index contributed by atoms with van der Waals surface area (Å²) in [5.74, 6) is -0.147. The van der Waals surface area contributed by atoms with Crippen molar-refractivity contribution < 1.29 is 4.39 Å². The molecule has 3 rings (SSSR count). The first-order valence-corrected chi connectivity index (χ1v) is 10.6. The predicted octanol–water partition coefficient (Wildman–Crippen LogP) is 5.43. The van der Waals surface area contributed by atoms with Gasteiger partial charge in [-0.05, 0) is 64.1 Å². The van der Waals surface area contributed by atoms with E-state index in [0.29, 0.717) is 5.56 Å². The van der Waals surface area contributed by atoms with E-state index in [1.165, 1.54) is 0 Å². The van der Waals surface area contributed by atoms with Crippen LogP contribution in [0.15, 0.2) is 18.2 Å². The van der Waals surface area contributed by atoms with Crippen LogP contribution in [0.5, 0.6) is 0 Å². The molecule has 2 heterocycles. The Morgan fingerprint density at radius 3 is 2.04 bits per heavy atom. The lowest BCUT2D eigenvalue weighted by Crippen LogP contribution is -2.46. The normalized spacial score (nSPS) is 15.9. The summed E-state index contributed by atoms with van der Waals surface area (Å²) >= 11 is 0. The van der Waals surface area contributed by atoms with Gasteiger partial charge < -0.3 is 4.90 Å². The predicted molar refractivity (Wildman–Crippen MR) is 118 cm³/mol. The van der Waals surface area contributed by atoms with Crippen molar-refractivity contribution in [2.75, 3.05) is 33.2 Å². The Hall–Kier alpha value is -1.72. The Kier molecular flexibility index (Phi) is 9.83. The summed E-state index contributed by atoms with van der Waals surface area (Å²) in [5.41, 5.74) is 4.75. The van der Waals surface area contributed by atoms with Crippen LogP contribution in [-0.4, -0.2) is 52.8 Å². The number of aryl methyl sites for hydroxylation is 3. The third-order valence-electron chi connectivity index (χ3n) is 5.06. The van der Waals surface area contributed by atoms with E-state index >= 15 is 0 Å². The number of benzene rings is 1. The molecule has 0 spiro atoms. The van der Waals surface area contributed by atoms with E-state index < -0.39 is 0 Å². The highest BCUT2D eigenvalue weighted by atomic mass is 19.1. The highest BCUT2D eigenvalue weighted by molar-refractivity contribution is 5.65. The molecule has 1 fully saturated rings. The number of halogens is 1. The quantitative estimate of drug-likeness (QED) is 0.698. The van der Waals surface area contributed by atoms with Crippen molar-refractivity contribution in [3.05, 3.63) is 40.8 Å². The van der Waals surface area contributed by atoms with Gasteiger partial charge in [-0.15, -0.1) is 0 Å². The largest absolute Gasteiger partial charge is 0.304 e. The smallest absolute Gasteiger partial charge is 0.126 e. The van der Waals surface area contributed by atoms with Gasteiger partial charge in [0.1, 0.15) is 12.0 Å². The van der Waals surface area contributed by atoms with E-state index in [1.807, 2.05) is 54.5 Å². The average molecular weight is 391 g/mol. The van der Waals surface area contributed by atoms with Crippen LogP contribution in [0.3, 0.4) is 0 Å². The number of aromatic nitrogens is 2. The molecule has 1 unspecified atom stereocenters. The maximum Gasteiger partial charge on any atom is 0.126 e. The molecule has 0 N–H and O–H groups in total. The molecule has 1 saturated heterocycles. The van der Waals surface area contributed by atoms with Crippen molar-refractivity contribution in [2.24, 2.45) is 0 Å². The van der Waals surface area contributed by atoms with Gasteiger partial charge in [0.05, 0.1) is 11.4 Å². The fourth-order valence-corrected chi connectivity index (χ4v) is 3.41. The van der Waals surface area contributed by atoms with E-state index in [0.717, 1.165) is 48.7 Å². The fourth-order valence-electron chi connectivity index (χ4n) is 3.41. The van der Waals surface area contributed by atoms with Crippen LogP contribution in [0.25, 0.3) is 11.3 Å². The highest BCUT2D eigenvalue weighted by Crippen LogP contribution is 2.30. The number of rotatable bonds is 3. The second-order valence-corrected chi connectivity index (χ2v) is 7.00. The molecule has 5 heteroatoms. The zero-order valence-corrected chi connectivity index (χ0v) is 19.3. The lowest BCUT2D eigenvalue weighted by molar-refractivity contribution is 0.0801. The number of hydrogen-bond acceptors (Lipinski definition) is 3. The summed E-state index contributed by atoms with van der Waals surface area (Å²) in [6.45, 7) is 20.2.